The Balaban J connectivity index is 2.08. The van der Waals surface area contributed by atoms with Crippen molar-refractivity contribution in [1.82, 2.24) is 0 Å². The summed E-state index contributed by atoms with van der Waals surface area (Å²) in [5.74, 6) is -2.47. The summed E-state index contributed by atoms with van der Waals surface area (Å²) >= 11 is 1.08. The van der Waals surface area contributed by atoms with Crippen LogP contribution < -0.4 is 19.5 Å². The summed E-state index contributed by atoms with van der Waals surface area (Å²) < 4.78 is 48.1. The van der Waals surface area contributed by atoms with Gasteiger partial charge in [-0.25, -0.2) is 13.6 Å². The summed E-state index contributed by atoms with van der Waals surface area (Å²) in [6.07, 6.45) is 0. The summed E-state index contributed by atoms with van der Waals surface area (Å²) in [6.45, 7) is 1.77. The molecule has 1 aromatic heterocycles. The molecule has 1 N–H and O–H groups in total. The molecule has 0 saturated carbocycles. The predicted molar refractivity (Wildman–Crippen MR) is 120 cm³/mol. The van der Waals surface area contributed by atoms with Gasteiger partial charge >= 0.3 is 5.97 Å². The van der Waals surface area contributed by atoms with Gasteiger partial charge in [-0.3, -0.25) is 4.79 Å². The Hall–Kier alpha value is -3.66. The molecule has 0 unspecified atom stereocenters. The second kappa shape index (κ2) is 10.3. The topological polar surface area (TPSA) is 83.1 Å². The number of carbonyl (C=O) groups is 2. The fourth-order valence-electron chi connectivity index (χ4n) is 3.12. The minimum Gasteiger partial charge on any atom is -0.493 e. The molecule has 0 aliphatic heterocycles. The molecule has 0 spiro atoms. The van der Waals surface area contributed by atoms with E-state index in [9.17, 15) is 18.4 Å². The number of benzene rings is 2. The first-order chi connectivity index (χ1) is 15.8. The zero-order chi connectivity index (χ0) is 24.1. The molecule has 2 aromatic carbocycles. The van der Waals surface area contributed by atoms with Crippen molar-refractivity contribution < 1.29 is 37.3 Å². The molecule has 174 valence electrons. The van der Waals surface area contributed by atoms with Crippen molar-refractivity contribution in [2.45, 2.75) is 6.92 Å². The average Bonchev–Trinajstić information content (AvgIpc) is 3.23. The second-order valence-electron chi connectivity index (χ2n) is 6.57. The lowest BCUT2D eigenvalue weighted by atomic mass is 10.0. The molecule has 33 heavy (non-hydrogen) atoms. The van der Waals surface area contributed by atoms with E-state index in [0.717, 1.165) is 29.5 Å². The number of carbonyl (C=O) groups excluding carboxylic acids is 2. The third-order valence-electron chi connectivity index (χ3n) is 4.66. The van der Waals surface area contributed by atoms with Gasteiger partial charge in [0.2, 0.25) is 5.75 Å². The van der Waals surface area contributed by atoms with E-state index in [1.165, 1.54) is 21.3 Å². The maximum atomic E-state index is 13.6. The van der Waals surface area contributed by atoms with E-state index in [-0.39, 0.29) is 22.7 Å². The molecular weight excluding hydrogens is 456 g/mol. The number of thiophene rings is 1. The second-order valence-corrected chi connectivity index (χ2v) is 7.45. The fraction of sp³-hybridized carbons (Fsp3) is 0.217. The zero-order valence-corrected chi connectivity index (χ0v) is 19.1. The van der Waals surface area contributed by atoms with Crippen LogP contribution in [0.4, 0.5) is 13.8 Å². The minimum absolute atomic E-state index is 0.104. The average molecular weight is 477 g/mol. The number of amides is 1. The number of methoxy groups -OCH3 is 3. The number of ether oxygens (including phenoxy) is 4. The van der Waals surface area contributed by atoms with Gasteiger partial charge in [-0.05, 0) is 42.8 Å². The number of halogens is 2. The lowest BCUT2D eigenvalue weighted by Crippen LogP contribution is -2.15. The Bertz CT molecular complexity index is 1170. The van der Waals surface area contributed by atoms with Crippen LogP contribution in [-0.4, -0.2) is 39.8 Å². The summed E-state index contributed by atoms with van der Waals surface area (Å²) in [5.41, 5.74) is 1.01. The Morgan fingerprint density at radius 3 is 2.18 bits per heavy atom. The van der Waals surface area contributed by atoms with E-state index in [0.29, 0.717) is 28.4 Å². The van der Waals surface area contributed by atoms with Crippen molar-refractivity contribution in [1.29, 1.82) is 0 Å². The van der Waals surface area contributed by atoms with E-state index >= 15 is 0 Å². The van der Waals surface area contributed by atoms with Gasteiger partial charge in [0.25, 0.3) is 5.91 Å². The molecule has 3 rings (SSSR count). The van der Waals surface area contributed by atoms with Gasteiger partial charge in [0.1, 0.15) is 10.6 Å². The van der Waals surface area contributed by atoms with Gasteiger partial charge in [0, 0.05) is 16.5 Å². The predicted octanol–water partition coefficient (Wildman–Crippen LogP) is 5.15. The van der Waals surface area contributed by atoms with Crippen molar-refractivity contribution in [3.63, 3.8) is 0 Å². The van der Waals surface area contributed by atoms with Crippen LogP contribution in [0.1, 0.15) is 27.6 Å². The van der Waals surface area contributed by atoms with Crippen molar-refractivity contribution in [2.75, 3.05) is 33.3 Å². The molecule has 0 fully saturated rings. The quantitative estimate of drug-likeness (QED) is 0.452. The molecule has 0 atom stereocenters. The number of hydrogen-bond acceptors (Lipinski definition) is 7. The molecule has 0 aliphatic rings. The summed E-state index contributed by atoms with van der Waals surface area (Å²) in [4.78, 5) is 25.4. The number of hydrogen-bond donors (Lipinski definition) is 1. The van der Waals surface area contributed by atoms with Crippen LogP contribution in [-0.2, 0) is 4.74 Å². The Kier molecular flexibility index (Phi) is 7.49. The maximum absolute atomic E-state index is 13.6. The molecule has 0 saturated heterocycles. The normalized spacial score (nSPS) is 10.5. The van der Waals surface area contributed by atoms with Gasteiger partial charge < -0.3 is 24.3 Å². The van der Waals surface area contributed by atoms with Gasteiger partial charge in [-0.1, -0.05) is 0 Å². The summed E-state index contributed by atoms with van der Waals surface area (Å²) in [7, 11) is 4.41. The lowest BCUT2D eigenvalue weighted by molar-refractivity contribution is 0.0529. The molecule has 1 amide bonds. The van der Waals surface area contributed by atoms with Gasteiger partial charge in [0.15, 0.2) is 23.1 Å². The monoisotopic (exact) mass is 477 g/mol. The van der Waals surface area contributed by atoms with Crippen LogP contribution in [0.5, 0.6) is 17.2 Å². The Labute approximate surface area is 192 Å². The van der Waals surface area contributed by atoms with Crippen LogP contribution in [0.2, 0.25) is 0 Å². The largest absolute Gasteiger partial charge is 0.493 e. The molecule has 0 aliphatic carbocycles. The van der Waals surface area contributed by atoms with E-state index in [4.69, 9.17) is 18.9 Å². The van der Waals surface area contributed by atoms with Gasteiger partial charge in [-0.15, -0.1) is 11.3 Å². The molecule has 1 heterocycles. The summed E-state index contributed by atoms with van der Waals surface area (Å²) in [6, 6.07) is 6.10. The van der Waals surface area contributed by atoms with E-state index in [2.05, 4.69) is 5.32 Å². The van der Waals surface area contributed by atoms with Crippen molar-refractivity contribution in [3.05, 3.63) is 58.5 Å². The highest BCUT2D eigenvalue weighted by Crippen LogP contribution is 2.44. The highest BCUT2D eigenvalue weighted by molar-refractivity contribution is 7.15. The highest BCUT2D eigenvalue weighted by atomic mass is 32.1. The number of nitrogens with one attached hydrogen (secondary N) is 1. The summed E-state index contributed by atoms with van der Waals surface area (Å²) in [5, 5.41) is 4.43. The standard InChI is InChI=1S/C23H21F2NO6S/c1-5-32-23(28)19-14(13-9-17(29-2)20(31-4)18(10-13)30-3)11-33-22(19)26-21(27)12-6-7-15(24)16(25)8-12/h6-11H,5H2,1-4H3,(H,26,27). The van der Waals surface area contributed by atoms with Gasteiger partial charge in [-0.2, -0.15) is 0 Å². The molecule has 7 nitrogen and oxygen atoms in total. The first kappa shape index (κ1) is 24.0. The first-order valence-electron chi connectivity index (χ1n) is 9.69. The third-order valence-corrected chi connectivity index (χ3v) is 5.55. The minimum atomic E-state index is -1.16. The number of anilines is 1. The third kappa shape index (κ3) is 4.90. The number of esters is 1. The molecule has 3 aromatic rings. The maximum Gasteiger partial charge on any atom is 0.341 e. The van der Waals surface area contributed by atoms with E-state index in [1.807, 2.05) is 0 Å². The molecule has 0 radical (unpaired) electrons. The van der Waals surface area contributed by atoms with Crippen molar-refractivity contribution >= 4 is 28.2 Å². The Morgan fingerprint density at radius 2 is 1.64 bits per heavy atom. The Morgan fingerprint density at radius 1 is 0.970 bits per heavy atom. The van der Waals surface area contributed by atoms with Crippen LogP contribution in [0.25, 0.3) is 11.1 Å². The molecular formula is C23H21F2NO6S. The molecule has 10 heteroatoms. The van der Waals surface area contributed by atoms with Crippen LogP contribution in [0.15, 0.2) is 35.7 Å². The fourth-order valence-corrected chi connectivity index (χ4v) is 4.07. The van der Waals surface area contributed by atoms with E-state index < -0.39 is 23.5 Å². The van der Waals surface area contributed by atoms with Gasteiger partial charge in [0.05, 0.1) is 27.9 Å². The van der Waals surface area contributed by atoms with Crippen LogP contribution in [0, 0.1) is 11.6 Å². The van der Waals surface area contributed by atoms with Crippen LogP contribution >= 0.6 is 11.3 Å². The van der Waals surface area contributed by atoms with Crippen LogP contribution in [0.3, 0.4) is 0 Å². The highest BCUT2D eigenvalue weighted by Gasteiger charge is 2.25. The van der Waals surface area contributed by atoms with Crippen molar-refractivity contribution in [2.24, 2.45) is 0 Å². The first-order valence-corrected chi connectivity index (χ1v) is 10.6. The van der Waals surface area contributed by atoms with Crippen molar-refractivity contribution in [3.8, 4) is 28.4 Å². The molecule has 0 bridgehead atoms. The lowest BCUT2D eigenvalue weighted by Gasteiger charge is -2.15. The number of rotatable bonds is 8. The SMILES string of the molecule is CCOC(=O)c1c(-c2cc(OC)c(OC)c(OC)c2)csc1NC(=O)c1ccc(F)c(F)c1. The smallest absolute Gasteiger partial charge is 0.341 e. The van der Waals surface area contributed by atoms with E-state index in [1.54, 1.807) is 24.4 Å². The zero-order valence-electron chi connectivity index (χ0n) is 18.3.